The van der Waals surface area contributed by atoms with Gasteiger partial charge in [-0.15, -0.1) is 11.3 Å². The molecule has 2 aromatic carbocycles. The van der Waals surface area contributed by atoms with Gasteiger partial charge < -0.3 is 15.2 Å². The van der Waals surface area contributed by atoms with Crippen LogP contribution in [0.2, 0.25) is 0 Å². The van der Waals surface area contributed by atoms with Crippen molar-refractivity contribution in [2.45, 2.75) is 12.8 Å². The van der Waals surface area contributed by atoms with E-state index >= 15 is 0 Å². The summed E-state index contributed by atoms with van der Waals surface area (Å²) in [6.45, 7) is 0. The number of hydrogen-bond acceptors (Lipinski definition) is 4. The number of carboxylic acid groups (broad SMARTS) is 1. The second-order valence-corrected chi connectivity index (χ2v) is 7.86. The van der Waals surface area contributed by atoms with Gasteiger partial charge in [0.05, 0.1) is 7.11 Å². The Morgan fingerprint density at radius 1 is 1.18 bits per heavy atom. The Morgan fingerprint density at radius 2 is 1.93 bits per heavy atom. The predicted octanol–water partition coefficient (Wildman–Crippen LogP) is 5.46. The lowest BCUT2D eigenvalue weighted by Crippen LogP contribution is -2.14. The van der Waals surface area contributed by atoms with Gasteiger partial charge in [0.15, 0.2) is 0 Å². The molecule has 1 heterocycles. The van der Waals surface area contributed by atoms with Crippen molar-refractivity contribution in [1.82, 2.24) is 0 Å². The topological polar surface area (TPSA) is 75.6 Å². The molecule has 1 aromatic heterocycles. The van der Waals surface area contributed by atoms with E-state index in [2.05, 4.69) is 21.2 Å². The Kier molecular flexibility index (Phi) is 6.49. The van der Waals surface area contributed by atoms with E-state index in [4.69, 9.17) is 4.74 Å². The lowest BCUT2D eigenvalue weighted by Gasteiger charge is -2.07. The van der Waals surface area contributed by atoms with Gasteiger partial charge in [0.2, 0.25) is 5.91 Å². The molecule has 28 heavy (non-hydrogen) atoms. The molecule has 0 fully saturated rings. The molecule has 0 aliphatic carbocycles. The summed E-state index contributed by atoms with van der Waals surface area (Å²) in [7, 11) is 1.60. The highest BCUT2D eigenvalue weighted by Gasteiger charge is 2.21. The Bertz CT molecular complexity index is 998. The number of aromatic carboxylic acids is 1. The summed E-state index contributed by atoms with van der Waals surface area (Å²) in [5, 5.41) is 14.5. The zero-order valence-electron chi connectivity index (χ0n) is 15.1. The monoisotopic (exact) mass is 459 g/mol. The maximum absolute atomic E-state index is 12.4. The van der Waals surface area contributed by atoms with Crippen LogP contribution in [-0.2, 0) is 11.2 Å². The number of anilines is 1. The highest BCUT2D eigenvalue weighted by atomic mass is 79.9. The van der Waals surface area contributed by atoms with Crippen molar-refractivity contribution in [3.05, 3.63) is 69.5 Å². The van der Waals surface area contributed by atoms with Gasteiger partial charge in [-0.05, 0) is 41.8 Å². The van der Waals surface area contributed by atoms with Crippen LogP contribution in [0.25, 0.3) is 11.1 Å². The molecule has 2 N–H and O–H groups in total. The first-order valence-corrected chi connectivity index (χ1v) is 10.2. The SMILES string of the molecule is COc1cccc(CCC(=O)Nc2scc(-c3ccc(Br)cc3)c2C(=O)O)c1. The minimum Gasteiger partial charge on any atom is -0.497 e. The van der Waals surface area contributed by atoms with Crippen LogP contribution in [0.15, 0.2) is 58.4 Å². The lowest BCUT2D eigenvalue weighted by atomic mass is 10.0. The Labute approximate surface area is 175 Å². The molecule has 0 saturated heterocycles. The van der Waals surface area contributed by atoms with Gasteiger partial charge in [-0.25, -0.2) is 4.79 Å². The highest BCUT2D eigenvalue weighted by Crippen LogP contribution is 2.36. The van der Waals surface area contributed by atoms with Crippen LogP contribution in [0.3, 0.4) is 0 Å². The van der Waals surface area contributed by atoms with E-state index in [1.165, 1.54) is 11.3 Å². The number of halogens is 1. The smallest absolute Gasteiger partial charge is 0.339 e. The number of amides is 1. The number of thiophene rings is 1. The number of ether oxygens (including phenoxy) is 1. The van der Waals surface area contributed by atoms with E-state index in [9.17, 15) is 14.7 Å². The summed E-state index contributed by atoms with van der Waals surface area (Å²) in [6, 6.07) is 14.9. The molecule has 0 radical (unpaired) electrons. The largest absolute Gasteiger partial charge is 0.497 e. The summed E-state index contributed by atoms with van der Waals surface area (Å²) in [5.41, 5.74) is 2.47. The van der Waals surface area contributed by atoms with Gasteiger partial charge in [0.25, 0.3) is 0 Å². The van der Waals surface area contributed by atoms with E-state index in [0.717, 1.165) is 21.3 Å². The molecule has 7 heteroatoms. The Balaban J connectivity index is 1.73. The first-order valence-electron chi connectivity index (χ1n) is 8.51. The lowest BCUT2D eigenvalue weighted by molar-refractivity contribution is -0.116. The molecule has 5 nitrogen and oxygen atoms in total. The quantitative estimate of drug-likeness (QED) is 0.491. The van der Waals surface area contributed by atoms with Crippen LogP contribution in [0.5, 0.6) is 5.75 Å². The normalized spacial score (nSPS) is 10.5. The molecular weight excluding hydrogens is 442 g/mol. The molecule has 3 aromatic rings. The summed E-state index contributed by atoms with van der Waals surface area (Å²) in [4.78, 5) is 24.2. The zero-order chi connectivity index (χ0) is 20.1. The van der Waals surface area contributed by atoms with Gasteiger partial charge in [0.1, 0.15) is 16.3 Å². The second kappa shape index (κ2) is 9.03. The Hall–Kier alpha value is -2.64. The third-order valence-electron chi connectivity index (χ3n) is 4.19. The standard InChI is InChI=1S/C21H18BrNO4S/c1-27-16-4-2-3-13(11-16)5-10-18(24)23-20-19(21(25)26)17(12-28-20)14-6-8-15(22)9-7-14/h2-4,6-9,11-12H,5,10H2,1H3,(H,23,24)(H,25,26). The van der Waals surface area contributed by atoms with Crippen LogP contribution < -0.4 is 10.1 Å². The average molecular weight is 460 g/mol. The van der Waals surface area contributed by atoms with Gasteiger partial charge in [0, 0.05) is 21.8 Å². The molecule has 0 spiro atoms. The van der Waals surface area contributed by atoms with Gasteiger partial charge in [-0.2, -0.15) is 0 Å². The third-order valence-corrected chi connectivity index (χ3v) is 5.61. The summed E-state index contributed by atoms with van der Waals surface area (Å²) in [6.07, 6.45) is 0.786. The first-order chi connectivity index (χ1) is 13.5. The minimum atomic E-state index is -1.07. The molecule has 0 atom stereocenters. The van der Waals surface area contributed by atoms with Gasteiger partial charge in [-0.3, -0.25) is 4.79 Å². The fraction of sp³-hybridized carbons (Fsp3) is 0.143. The maximum atomic E-state index is 12.4. The number of hydrogen-bond donors (Lipinski definition) is 2. The number of aryl methyl sites for hydroxylation is 1. The second-order valence-electron chi connectivity index (χ2n) is 6.07. The number of rotatable bonds is 7. The van der Waals surface area contributed by atoms with E-state index in [1.54, 1.807) is 12.5 Å². The van der Waals surface area contributed by atoms with Gasteiger partial charge in [-0.1, -0.05) is 40.2 Å². The van der Waals surface area contributed by atoms with Crippen molar-refractivity contribution in [1.29, 1.82) is 0 Å². The molecule has 0 aliphatic rings. The first kappa shape index (κ1) is 20.1. The number of carboxylic acids is 1. The van der Waals surface area contributed by atoms with Crippen LogP contribution >= 0.6 is 27.3 Å². The fourth-order valence-electron chi connectivity index (χ4n) is 2.78. The van der Waals surface area contributed by atoms with E-state index in [1.807, 2.05) is 48.5 Å². The van der Waals surface area contributed by atoms with Crippen molar-refractivity contribution in [3.63, 3.8) is 0 Å². The van der Waals surface area contributed by atoms with Crippen LogP contribution in [0, 0.1) is 0 Å². The summed E-state index contributed by atoms with van der Waals surface area (Å²) < 4.78 is 6.10. The van der Waals surface area contributed by atoms with Crippen LogP contribution in [-0.4, -0.2) is 24.1 Å². The van der Waals surface area contributed by atoms with E-state index in [0.29, 0.717) is 17.0 Å². The van der Waals surface area contributed by atoms with Crippen molar-refractivity contribution in [3.8, 4) is 16.9 Å². The number of methoxy groups -OCH3 is 1. The molecule has 0 bridgehead atoms. The van der Waals surface area contributed by atoms with Crippen LogP contribution in [0.4, 0.5) is 5.00 Å². The number of carbonyl (C=O) groups is 2. The predicted molar refractivity (Wildman–Crippen MR) is 114 cm³/mol. The van der Waals surface area contributed by atoms with E-state index < -0.39 is 5.97 Å². The number of carbonyl (C=O) groups excluding carboxylic acids is 1. The van der Waals surface area contributed by atoms with Crippen molar-refractivity contribution in [2.24, 2.45) is 0 Å². The van der Waals surface area contributed by atoms with Crippen LogP contribution in [0.1, 0.15) is 22.3 Å². The molecule has 144 valence electrons. The molecule has 0 unspecified atom stereocenters. The average Bonchev–Trinajstić information content (AvgIpc) is 3.11. The number of benzene rings is 2. The van der Waals surface area contributed by atoms with Crippen molar-refractivity contribution < 1.29 is 19.4 Å². The maximum Gasteiger partial charge on any atom is 0.339 e. The zero-order valence-corrected chi connectivity index (χ0v) is 17.5. The van der Waals surface area contributed by atoms with E-state index in [-0.39, 0.29) is 17.9 Å². The summed E-state index contributed by atoms with van der Waals surface area (Å²) >= 11 is 4.59. The molecule has 0 aliphatic heterocycles. The number of nitrogens with one attached hydrogen (secondary N) is 1. The van der Waals surface area contributed by atoms with Crippen molar-refractivity contribution in [2.75, 3.05) is 12.4 Å². The molecular formula is C21H18BrNO4S. The van der Waals surface area contributed by atoms with Crippen molar-refractivity contribution >= 4 is 44.1 Å². The van der Waals surface area contributed by atoms with Gasteiger partial charge >= 0.3 is 5.97 Å². The molecule has 1 amide bonds. The Morgan fingerprint density at radius 3 is 2.61 bits per heavy atom. The highest BCUT2D eigenvalue weighted by molar-refractivity contribution is 9.10. The minimum absolute atomic E-state index is 0.113. The summed E-state index contributed by atoms with van der Waals surface area (Å²) in [5.74, 6) is -0.555. The molecule has 0 saturated carbocycles. The third kappa shape index (κ3) is 4.79. The molecule has 3 rings (SSSR count). The fourth-order valence-corrected chi connectivity index (χ4v) is 4.02.